The number of imidazole rings is 1. The Bertz CT molecular complexity index is 1610. The van der Waals surface area contributed by atoms with Gasteiger partial charge in [-0.15, -0.1) is 0 Å². The van der Waals surface area contributed by atoms with Crippen molar-refractivity contribution in [1.29, 1.82) is 0 Å². The van der Waals surface area contributed by atoms with Gasteiger partial charge in [0.25, 0.3) is 0 Å². The van der Waals surface area contributed by atoms with E-state index in [0.29, 0.717) is 61.0 Å². The molecule has 3 saturated heterocycles. The van der Waals surface area contributed by atoms with Crippen molar-refractivity contribution in [2.45, 2.75) is 108 Å². The molecule has 6 heterocycles. The van der Waals surface area contributed by atoms with Crippen LogP contribution in [0.2, 0.25) is 23.2 Å². The van der Waals surface area contributed by atoms with Crippen LogP contribution in [0.25, 0.3) is 11.2 Å². The number of ether oxygens (including phenoxy) is 6. The minimum Gasteiger partial charge on any atom is -0.490 e. The number of aryl methyl sites for hydroxylation is 1. The van der Waals surface area contributed by atoms with Gasteiger partial charge in [-0.3, -0.25) is 9.55 Å². The first kappa shape index (κ1) is 33.9. The third kappa shape index (κ3) is 6.67. The van der Waals surface area contributed by atoms with Gasteiger partial charge in [0.05, 0.1) is 48.9 Å². The van der Waals surface area contributed by atoms with Gasteiger partial charge in [-0.25, -0.2) is 4.98 Å². The molecular formula is C34H48ClN5O7Si. The first-order valence-electron chi connectivity index (χ1n) is 17.2. The van der Waals surface area contributed by atoms with Gasteiger partial charge in [-0.05, 0) is 67.9 Å². The summed E-state index contributed by atoms with van der Waals surface area (Å²) in [5.41, 5.74) is 3.42. The van der Waals surface area contributed by atoms with E-state index in [1.807, 2.05) is 10.6 Å². The molecule has 14 heteroatoms. The fraction of sp³-hybridized carbons (Fsp3) is 0.676. The third-order valence-electron chi connectivity index (χ3n) is 10.4. The number of anilines is 1. The SMILES string of the molecule is COCCOc1cnc2c(c1)CCC2Nc1nc2c(cc1Cl)nc(O[C@@H]1CO[C@@H]3C(O[Si](C)(C)C(C)(C)C)CO[C@@H]31)n2C1CCCCO1. The molecule has 6 atom stereocenters. The summed E-state index contributed by atoms with van der Waals surface area (Å²) in [6, 6.07) is 4.29. The van der Waals surface area contributed by atoms with E-state index in [1.165, 1.54) is 0 Å². The zero-order chi connectivity index (χ0) is 33.6. The molecule has 12 nitrogen and oxygen atoms in total. The Hall–Kier alpha value is -2.52. The molecular weight excluding hydrogens is 654 g/mol. The Kier molecular flexibility index (Phi) is 9.66. The van der Waals surface area contributed by atoms with E-state index in [4.69, 9.17) is 59.4 Å². The average Bonchev–Trinajstić information content (AvgIpc) is 3.82. The molecule has 7 rings (SSSR count). The predicted octanol–water partition coefficient (Wildman–Crippen LogP) is 6.24. The number of pyridine rings is 2. The van der Waals surface area contributed by atoms with Gasteiger partial charge >= 0.3 is 6.01 Å². The number of rotatable bonds is 11. The summed E-state index contributed by atoms with van der Waals surface area (Å²) in [6.45, 7) is 13.8. The summed E-state index contributed by atoms with van der Waals surface area (Å²) in [4.78, 5) is 14.7. The summed E-state index contributed by atoms with van der Waals surface area (Å²) in [5.74, 6) is 1.32. The normalized spacial score (nSPS) is 27.3. The van der Waals surface area contributed by atoms with Crippen LogP contribution in [0.3, 0.4) is 0 Å². The van der Waals surface area contributed by atoms with Crippen molar-refractivity contribution in [3.05, 3.63) is 34.6 Å². The van der Waals surface area contributed by atoms with Crippen LogP contribution >= 0.6 is 11.6 Å². The lowest BCUT2D eigenvalue weighted by molar-refractivity contribution is -0.0406. The second-order valence-corrected chi connectivity index (χ2v) is 19.9. The van der Waals surface area contributed by atoms with E-state index in [2.05, 4.69) is 45.2 Å². The number of methoxy groups -OCH3 is 1. The maximum absolute atomic E-state index is 6.85. The minimum atomic E-state index is -2.01. The maximum atomic E-state index is 6.85. The maximum Gasteiger partial charge on any atom is 0.301 e. The fourth-order valence-electron chi connectivity index (χ4n) is 6.75. The fourth-order valence-corrected chi connectivity index (χ4v) is 8.26. The van der Waals surface area contributed by atoms with E-state index in [9.17, 15) is 0 Å². The number of halogens is 1. The van der Waals surface area contributed by atoms with Crippen LogP contribution in [0.1, 0.15) is 70.0 Å². The van der Waals surface area contributed by atoms with Crippen LogP contribution in [0.5, 0.6) is 11.8 Å². The third-order valence-corrected chi connectivity index (χ3v) is 15.2. The smallest absolute Gasteiger partial charge is 0.301 e. The van der Waals surface area contributed by atoms with Gasteiger partial charge in [0.15, 0.2) is 20.1 Å². The average molecular weight is 702 g/mol. The van der Waals surface area contributed by atoms with Crippen LogP contribution in [-0.2, 0) is 29.8 Å². The predicted molar refractivity (Wildman–Crippen MR) is 184 cm³/mol. The second kappa shape index (κ2) is 13.7. The summed E-state index contributed by atoms with van der Waals surface area (Å²) in [5, 5.41) is 4.13. The van der Waals surface area contributed by atoms with Crippen LogP contribution in [0.4, 0.5) is 5.82 Å². The molecule has 1 aliphatic carbocycles. The Labute approximate surface area is 288 Å². The zero-order valence-electron chi connectivity index (χ0n) is 28.8. The lowest BCUT2D eigenvalue weighted by Crippen LogP contribution is -2.47. The van der Waals surface area contributed by atoms with Crippen molar-refractivity contribution in [1.82, 2.24) is 19.5 Å². The van der Waals surface area contributed by atoms with Gasteiger partial charge in [-0.2, -0.15) is 4.98 Å². The highest BCUT2D eigenvalue weighted by molar-refractivity contribution is 6.74. The summed E-state index contributed by atoms with van der Waals surface area (Å²) in [7, 11) is -0.349. The lowest BCUT2D eigenvalue weighted by Gasteiger charge is -2.39. The van der Waals surface area contributed by atoms with Gasteiger partial charge in [0, 0.05) is 13.7 Å². The molecule has 262 valence electrons. The number of fused-ring (bicyclic) bond motifs is 3. The molecule has 0 bridgehead atoms. The molecule has 3 unspecified atom stereocenters. The molecule has 48 heavy (non-hydrogen) atoms. The van der Waals surface area contributed by atoms with Crippen LogP contribution in [0.15, 0.2) is 18.3 Å². The van der Waals surface area contributed by atoms with E-state index in [0.717, 1.165) is 49.1 Å². The van der Waals surface area contributed by atoms with Crippen molar-refractivity contribution in [3.63, 3.8) is 0 Å². The largest absolute Gasteiger partial charge is 0.490 e. The Morgan fingerprint density at radius 2 is 1.81 bits per heavy atom. The monoisotopic (exact) mass is 701 g/mol. The number of hydrogen-bond donors (Lipinski definition) is 1. The summed E-state index contributed by atoms with van der Waals surface area (Å²) in [6.07, 6.45) is 5.22. The van der Waals surface area contributed by atoms with Crippen molar-refractivity contribution in [2.24, 2.45) is 0 Å². The highest BCUT2D eigenvalue weighted by atomic mass is 35.5. The Morgan fingerprint density at radius 3 is 2.56 bits per heavy atom. The first-order valence-corrected chi connectivity index (χ1v) is 20.5. The van der Waals surface area contributed by atoms with Gasteiger partial charge < -0.3 is 38.2 Å². The van der Waals surface area contributed by atoms with Crippen LogP contribution < -0.4 is 14.8 Å². The van der Waals surface area contributed by atoms with E-state index < -0.39 is 8.32 Å². The van der Waals surface area contributed by atoms with Crippen molar-refractivity contribution in [3.8, 4) is 11.8 Å². The van der Waals surface area contributed by atoms with Crippen LogP contribution in [-0.4, -0.2) is 92.4 Å². The minimum absolute atomic E-state index is 0.0397. The van der Waals surface area contributed by atoms with Crippen LogP contribution in [0, 0.1) is 0 Å². The molecule has 3 aliphatic heterocycles. The number of aromatic nitrogens is 4. The molecule has 3 fully saturated rings. The molecule has 1 N–H and O–H groups in total. The van der Waals surface area contributed by atoms with Crippen molar-refractivity contribution < 1.29 is 32.8 Å². The topological polar surface area (TPSA) is 120 Å². The van der Waals surface area contributed by atoms with Crippen molar-refractivity contribution in [2.75, 3.05) is 45.5 Å². The molecule has 3 aromatic rings. The number of nitrogens with one attached hydrogen (secondary N) is 1. The zero-order valence-corrected chi connectivity index (χ0v) is 30.5. The van der Waals surface area contributed by atoms with E-state index in [-0.39, 0.29) is 41.7 Å². The molecule has 0 saturated carbocycles. The molecule has 0 amide bonds. The highest BCUT2D eigenvalue weighted by Crippen LogP contribution is 2.42. The highest BCUT2D eigenvalue weighted by Gasteiger charge is 2.52. The van der Waals surface area contributed by atoms with E-state index in [1.54, 1.807) is 13.3 Å². The molecule has 0 radical (unpaired) electrons. The van der Waals surface area contributed by atoms with E-state index >= 15 is 0 Å². The first-order chi connectivity index (χ1) is 23.0. The Morgan fingerprint density at radius 1 is 1.02 bits per heavy atom. The van der Waals surface area contributed by atoms with Gasteiger partial charge in [0.1, 0.15) is 42.1 Å². The van der Waals surface area contributed by atoms with Crippen molar-refractivity contribution >= 4 is 36.9 Å². The second-order valence-electron chi connectivity index (χ2n) is 14.7. The molecule has 3 aromatic heterocycles. The molecule has 0 spiro atoms. The molecule has 0 aromatic carbocycles. The summed E-state index contributed by atoms with van der Waals surface area (Å²) >= 11 is 6.85. The summed E-state index contributed by atoms with van der Waals surface area (Å²) < 4.78 is 45.0. The quantitative estimate of drug-likeness (QED) is 0.181. The number of hydrogen-bond acceptors (Lipinski definition) is 11. The Balaban J connectivity index is 1.12. The number of nitrogens with zero attached hydrogens (tertiary/aromatic N) is 4. The van der Waals surface area contributed by atoms with Gasteiger partial charge in [-0.1, -0.05) is 32.4 Å². The lowest BCUT2D eigenvalue weighted by atomic mass is 10.1. The molecule has 4 aliphatic rings. The standard InChI is InChI=1S/C34H48ClN5O7Si/c1-34(2,3)48(5,6)47-26-19-45-29-25(18-44-30(26)29)46-33-38-24-16-22(35)31(39-32(24)40(33)27-9-7-8-12-43-27)37-23-11-10-20-15-21(17-36-28(20)23)42-14-13-41-4/h15-17,23,25-27,29-30H,7-14,18-19H2,1-6H3,(H,37,39)/t23?,25-,26?,27?,29-,30-/m1/s1. The van der Waals surface area contributed by atoms with Gasteiger partial charge in [0.2, 0.25) is 0 Å².